The van der Waals surface area contributed by atoms with Crippen molar-refractivity contribution in [1.82, 2.24) is 9.97 Å². The van der Waals surface area contributed by atoms with Gasteiger partial charge in [0, 0.05) is 25.1 Å². The van der Waals surface area contributed by atoms with Crippen molar-refractivity contribution < 1.29 is 0 Å². The molecular weight excluding hydrogens is 212 g/mol. The van der Waals surface area contributed by atoms with Crippen LogP contribution in [0.4, 0.5) is 11.6 Å². The van der Waals surface area contributed by atoms with Gasteiger partial charge in [-0.1, -0.05) is 13.8 Å². The fourth-order valence-corrected chi connectivity index (χ4v) is 2.23. The number of hydrogen-bond donors (Lipinski definition) is 2. The number of aryl methyl sites for hydroxylation is 1. The monoisotopic (exact) mass is 234 g/mol. The Morgan fingerprint density at radius 2 is 1.94 bits per heavy atom. The molecule has 1 aromatic rings. The number of hydrogen-bond acceptors (Lipinski definition) is 4. The second kappa shape index (κ2) is 5.34. The second-order valence-corrected chi connectivity index (χ2v) is 4.86. The lowest BCUT2D eigenvalue weighted by Gasteiger charge is -2.33. The lowest BCUT2D eigenvalue weighted by molar-refractivity contribution is 0.308. The number of anilines is 2. The lowest BCUT2D eigenvalue weighted by Crippen LogP contribution is -2.34. The van der Waals surface area contributed by atoms with Crippen molar-refractivity contribution in [3.05, 3.63) is 11.9 Å². The molecule has 17 heavy (non-hydrogen) atoms. The van der Waals surface area contributed by atoms with Crippen LogP contribution < -0.4 is 10.6 Å². The maximum Gasteiger partial charge on any atom is 0.132 e. The molecule has 94 valence electrons. The minimum absolute atomic E-state index is 0.596. The third kappa shape index (κ3) is 3.08. The van der Waals surface area contributed by atoms with Gasteiger partial charge in [0.2, 0.25) is 0 Å². The molecule has 2 rings (SSSR count). The van der Waals surface area contributed by atoms with Crippen LogP contribution in [-0.2, 0) is 6.42 Å². The maximum absolute atomic E-state index is 4.52. The zero-order valence-corrected chi connectivity index (χ0v) is 11.0. The largest absolute Gasteiger partial charge is 0.370 e. The van der Waals surface area contributed by atoms with Crippen molar-refractivity contribution in [3.63, 3.8) is 0 Å². The predicted molar refractivity (Wildman–Crippen MR) is 71.4 cm³/mol. The van der Waals surface area contributed by atoms with E-state index >= 15 is 0 Å². The SMILES string of the molecule is CCNc1cc(NC2CC(C)C2)nc(CC)n1. The molecule has 0 aliphatic heterocycles. The van der Waals surface area contributed by atoms with Gasteiger partial charge in [-0.15, -0.1) is 0 Å². The van der Waals surface area contributed by atoms with Gasteiger partial charge in [0.25, 0.3) is 0 Å². The van der Waals surface area contributed by atoms with Crippen LogP contribution in [0.25, 0.3) is 0 Å². The highest BCUT2D eigenvalue weighted by atomic mass is 15.1. The molecule has 1 saturated carbocycles. The van der Waals surface area contributed by atoms with Crippen LogP contribution in [-0.4, -0.2) is 22.6 Å². The highest BCUT2D eigenvalue weighted by molar-refractivity contribution is 5.48. The summed E-state index contributed by atoms with van der Waals surface area (Å²) in [5.74, 6) is 3.64. The molecule has 0 atom stereocenters. The van der Waals surface area contributed by atoms with E-state index in [1.54, 1.807) is 0 Å². The van der Waals surface area contributed by atoms with E-state index in [-0.39, 0.29) is 0 Å². The van der Waals surface area contributed by atoms with Gasteiger partial charge in [0.1, 0.15) is 17.5 Å². The maximum atomic E-state index is 4.52. The van der Waals surface area contributed by atoms with Crippen molar-refractivity contribution in [2.45, 2.75) is 46.1 Å². The van der Waals surface area contributed by atoms with Crippen molar-refractivity contribution in [1.29, 1.82) is 0 Å². The quantitative estimate of drug-likeness (QED) is 0.822. The third-order valence-corrected chi connectivity index (χ3v) is 3.17. The van der Waals surface area contributed by atoms with Gasteiger partial charge in [-0.3, -0.25) is 0 Å². The summed E-state index contributed by atoms with van der Waals surface area (Å²) in [6.45, 7) is 7.34. The summed E-state index contributed by atoms with van der Waals surface area (Å²) in [5.41, 5.74) is 0. The molecule has 1 aliphatic carbocycles. The molecule has 2 N–H and O–H groups in total. The molecule has 0 radical (unpaired) electrons. The standard InChI is InChI=1S/C13H22N4/c1-4-11-16-12(14-5-2)8-13(17-11)15-10-6-9(3)7-10/h8-10H,4-7H2,1-3H3,(H2,14,15,16,17). The molecule has 0 bridgehead atoms. The molecule has 1 aliphatic rings. The number of aromatic nitrogens is 2. The number of rotatable bonds is 5. The smallest absolute Gasteiger partial charge is 0.132 e. The van der Waals surface area contributed by atoms with E-state index in [1.165, 1.54) is 12.8 Å². The summed E-state index contributed by atoms with van der Waals surface area (Å²) in [6.07, 6.45) is 3.37. The van der Waals surface area contributed by atoms with E-state index in [1.807, 2.05) is 6.07 Å². The Kier molecular flexibility index (Phi) is 3.82. The first-order valence-corrected chi connectivity index (χ1v) is 6.59. The molecular formula is C13H22N4. The minimum Gasteiger partial charge on any atom is -0.370 e. The van der Waals surface area contributed by atoms with Crippen molar-refractivity contribution in [2.24, 2.45) is 5.92 Å². The van der Waals surface area contributed by atoms with Gasteiger partial charge in [-0.05, 0) is 25.7 Å². The van der Waals surface area contributed by atoms with Crippen LogP contribution in [0.15, 0.2) is 6.07 Å². The Morgan fingerprint density at radius 3 is 2.53 bits per heavy atom. The van der Waals surface area contributed by atoms with E-state index in [0.29, 0.717) is 6.04 Å². The van der Waals surface area contributed by atoms with Crippen LogP contribution in [0.3, 0.4) is 0 Å². The Morgan fingerprint density at radius 1 is 1.24 bits per heavy atom. The molecule has 0 amide bonds. The topological polar surface area (TPSA) is 49.8 Å². The fourth-order valence-electron chi connectivity index (χ4n) is 2.23. The lowest BCUT2D eigenvalue weighted by atomic mass is 9.82. The molecule has 1 fully saturated rings. The fraction of sp³-hybridized carbons (Fsp3) is 0.692. The highest BCUT2D eigenvalue weighted by Gasteiger charge is 2.25. The van der Waals surface area contributed by atoms with Gasteiger partial charge >= 0.3 is 0 Å². The summed E-state index contributed by atoms with van der Waals surface area (Å²) in [5, 5.41) is 6.74. The molecule has 4 heteroatoms. The summed E-state index contributed by atoms with van der Waals surface area (Å²) in [7, 11) is 0. The van der Waals surface area contributed by atoms with Crippen LogP contribution in [0.1, 0.15) is 39.4 Å². The van der Waals surface area contributed by atoms with Crippen molar-refractivity contribution >= 4 is 11.6 Å². The van der Waals surface area contributed by atoms with Gasteiger partial charge in [0.05, 0.1) is 0 Å². The van der Waals surface area contributed by atoms with Crippen molar-refractivity contribution in [3.8, 4) is 0 Å². The molecule has 0 spiro atoms. The number of nitrogens with zero attached hydrogens (tertiary/aromatic N) is 2. The summed E-state index contributed by atoms with van der Waals surface area (Å²) >= 11 is 0. The Hall–Kier alpha value is -1.32. The zero-order chi connectivity index (χ0) is 12.3. The molecule has 4 nitrogen and oxygen atoms in total. The van der Waals surface area contributed by atoms with E-state index in [9.17, 15) is 0 Å². The Balaban J connectivity index is 2.06. The third-order valence-electron chi connectivity index (χ3n) is 3.17. The minimum atomic E-state index is 0.596. The summed E-state index contributed by atoms with van der Waals surface area (Å²) in [4.78, 5) is 8.96. The molecule has 1 aromatic heterocycles. The molecule has 0 saturated heterocycles. The van der Waals surface area contributed by atoms with E-state index in [0.717, 1.165) is 36.3 Å². The summed E-state index contributed by atoms with van der Waals surface area (Å²) in [6, 6.07) is 2.60. The molecule has 0 unspecified atom stereocenters. The van der Waals surface area contributed by atoms with E-state index < -0.39 is 0 Å². The van der Waals surface area contributed by atoms with Gasteiger partial charge in [0.15, 0.2) is 0 Å². The van der Waals surface area contributed by atoms with Gasteiger partial charge in [-0.2, -0.15) is 0 Å². The Labute approximate surface area is 103 Å². The van der Waals surface area contributed by atoms with Gasteiger partial charge < -0.3 is 10.6 Å². The van der Waals surface area contributed by atoms with Crippen LogP contribution >= 0.6 is 0 Å². The first-order valence-electron chi connectivity index (χ1n) is 6.59. The average molecular weight is 234 g/mol. The first kappa shape index (κ1) is 12.1. The molecule has 1 heterocycles. The van der Waals surface area contributed by atoms with Crippen LogP contribution in [0.5, 0.6) is 0 Å². The van der Waals surface area contributed by atoms with Crippen LogP contribution in [0.2, 0.25) is 0 Å². The van der Waals surface area contributed by atoms with Crippen LogP contribution in [0, 0.1) is 5.92 Å². The average Bonchev–Trinajstić information content (AvgIpc) is 2.27. The number of nitrogens with one attached hydrogen (secondary N) is 2. The zero-order valence-electron chi connectivity index (χ0n) is 11.0. The molecule has 0 aromatic carbocycles. The van der Waals surface area contributed by atoms with E-state index in [4.69, 9.17) is 0 Å². The first-order chi connectivity index (χ1) is 8.21. The highest BCUT2D eigenvalue weighted by Crippen LogP contribution is 2.29. The Bertz CT molecular complexity index is 372. The van der Waals surface area contributed by atoms with Gasteiger partial charge in [-0.25, -0.2) is 9.97 Å². The second-order valence-electron chi connectivity index (χ2n) is 4.86. The summed E-state index contributed by atoms with van der Waals surface area (Å²) < 4.78 is 0. The van der Waals surface area contributed by atoms with Crippen molar-refractivity contribution in [2.75, 3.05) is 17.2 Å². The predicted octanol–water partition coefficient (Wildman–Crippen LogP) is 2.68. The van der Waals surface area contributed by atoms with E-state index in [2.05, 4.69) is 41.4 Å². The normalized spacial score (nSPS) is 23.0.